The zero-order chi connectivity index (χ0) is 24.7. The van der Waals surface area contributed by atoms with E-state index in [4.69, 9.17) is 27.9 Å². The molecule has 0 heterocycles. The fourth-order valence-electron chi connectivity index (χ4n) is 4.43. The number of hydrogen-bond donors (Lipinski definition) is 3. The SMILES string of the molecule is O=C(O)CC1(CC(=O)N[C@@H](Cc2ccc(OCc3c(Cl)cccc3Cl)cc2)C(=O)O)CCCC1. The molecule has 0 radical (unpaired) electrons. The first-order valence-corrected chi connectivity index (χ1v) is 11.8. The summed E-state index contributed by atoms with van der Waals surface area (Å²) in [5, 5.41) is 22.4. The molecule has 1 atom stereocenters. The molecule has 1 aliphatic rings. The van der Waals surface area contributed by atoms with Crippen molar-refractivity contribution in [3.05, 3.63) is 63.6 Å². The molecule has 3 rings (SSSR count). The van der Waals surface area contributed by atoms with E-state index in [1.807, 2.05) is 0 Å². The maximum atomic E-state index is 12.6. The molecule has 9 heteroatoms. The highest BCUT2D eigenvalue weighted by Gasteiger charge is 2.38. The smallest absolute Gasteiger partial charge is 0.326 e. The molecule has 34 heavy (non-hydrogen) atoms. The van der Waals surface area contributed by atoms with Crippen molar-refractivity contribution in [3.8, 4) is 5.75 Å². The highest BCUT2D eigenvalue weighted by molar-refractivity contribution is 6.35. The first kappa shape index (κ1) is 25.8. The highest BCUT2D eigenvalue weighted by Crippen LogP contribution is 2.44. The lowest BCUT2D eigenvalue weighted by molar-refractivity contribution is -0.143. The molecule has 1 fully saturated rings. The third-order valence-electron chi connectivity index (χ3n) is 6.17. The molecular weight excluding hydrogens is 481 g/mol. The topological polar surface area (TPSA) is 113 Å². The second-order valence-electron chi connectivity index (χ2n) is 8.75. The van der Waals surface area contributed by atoms with Gasteiger partial charge >= 0.3 is 11.9 Å². The largest absolute Gasteiger partial charge is 0.489 e. The number of aliphatic carboxylic acids is 2. The van der Waals surface area contributed by atoms with Crippen molar-refractivity contribution in [3.63, 3.8) is 0 Å². The van der Waals surface area contributed by atoms with Crippen LogP contribution in [0.3, 0.4) is 0 Å². The number of carboxylic acids is 2. The summed E-state index contributed by atoms with van der Waals surface area (Å²) in [4.78, 5) is 35.6. The van der Waals surface area contributed by atoms with Crippen LogP contribution in [-0.4, -0.2) is 34.1 Å². The van der Waals surface area contributed by atoms with Crippen LogP contribution in [0.5, 0.6) is 5.75 Å². The van der Waals surface area contributed by atoms with Gasteiger partial charge in [-0.05, 0) is 48.1 Å². The van der Waals surface area contributed by atoms with Crippen LogP contribution in [0.4, 0.5) is 0 Å². The van der Waals surface area contributed by atoms with Crippen LogP contribution in [-0.2, 0) is 27.4 Å². The Morgan fingerprint density at radius 2 is 1.59 bits per heavy atom. The van der Waals surface area contributed by atoms with Gasteiger partial charge in [0.2, 0.25) is 5.91 Å². The van der Waals surface area contributed by atoms with E-state index in [2.05, 4.69) is 5.32 Å². The lowest BCUT2D eigenvalue weighted by atomic mass is 9.79. The fourth-order valence-corrected chi connectivity index (χ4v) is 4.94. The van der Waals surface area contributed by atoms with Crippen LogP contribution in [0.25, 0.3) is 0 Å². The average molecular weight is 508 g/mol. The number of rotatable bonds is 11. The van der Waals surface area contributed by atoms with Crippen molar-refractivity contribution >= 4 is 41.0 Å². The Kier molecular flexibility index (Phi) is 8.80. The summed E-state index contributed by atoms with van der Waals surface area (Å²) in [5.74, 6) is -1.97. The normalized spacial score (nSPS) is 15.5. The summed E-state index contributed by atoms with van der Waals surface area (Å²) < 4.78 is 5.74. The van der Waals surface area contributed by atoms with E-state index in [-0.39, 0.29) is 25.9 Å². The molecule has 7 nitrogen and oxygen atoms in total. The number of nitrogens with one attached hydrogen (secondary N) is 1. The summed E-state index contributed by atoms with van der Waals surface area (Å²) >= 11 is 12.3. The third kappa shape index (κ3) is 7.11. The molecule has 0 aliphatic heterocycles. The third-order valence-corrected chi connectivity index (χ3v) is 6.88. The molecule has 182 valence electrons. The number of benzene rings is 2. The number of halogens is 2. The highest BCUT2D eigenvalue weighted by atomic mass is 35.5. The maximum absolute atomic E-state index is 12.6. The lowest BCUT2D eigenvalue weighted by Crippen LogP contribution is -2.44. The number of carbonyl (C=O) groups excluding carboxylic acids is 1. The van der Waals surface area contributed by atoms with Gasteiger partial charge < -0.3 is 20.3 Å². The summed E-state index contributed by atoms with van der Waals surface area (Å²) in [7, 11) is 0. The van der Waals surface area contributed by atoms with Gasteiger partial charge in [-0.2, -0.15) is 0 Å². The van der Waals surface area contributed by atoms with Crippen LogP contribution in [0.2, 0.25) is 10.0 Å². The molecule has 2 aromatic carbocycles. The van der Waals surface area contributed by atoms with E-state index in [0.717, 1.165) is 12.8 Å². The molecule has 1 aliphatic carbocycles. The van der Waals surface area contributed by atoms with Crippen molar-refractivity contribution in [2.75, 3.05) is 0 Å². The molecule has 2 aromatic rings. The van der Waals surface area contributed by atoms with Crippen molar-refractivity contribution in [1.29, 1.82) is 0 Å². The number of amides is 1. The van der Waals surface area contributed by atoms with Crippen LogP contribution in [0.1, 0.15) is 49.7 Å². The Labute approximate surface area is 208 Å². The maximum Gasteiger partial charge on any atom is 0.326 e. The van der Waals surface area contributed by atoms with Gasteiger partial charge in [-0.1, -0.05) is 54.2 Å². The summed E-state index contributed by atoms with van der Waals surface area (Å²) in [5.41, 5.74) is 0.783. The molecule has 0 aromatic heterocycles. The van der Waals surface area contributed by atoms with E-state index in [1.54, 1.807) is 42.5 Å². The van der Waals surface area contributed by atoms with E-state index in [0.29, 0.717) is 39.8 Å². The van der Waals surface area contributed by atoms with E-state index in [9.17, 15) is 24.6 Å². The van der Waals surface area contributed by atoms with Crippen molar-refractivity contribution in [2.24, 2.45) is 5.41 Å². The summed E-state index contributed by atoms with van der Waals surface area (Å²) in [6.07, 6.45) is 3.08. The molecule has 0 spiro atoms. The molecule has 0 saturated heterocycles. The predicted molar refractivity (Wildman–Crippen MR) is 128 cm³/mol. The number of ether oxygens (including phenoxy) is 1. The zero-order valence-electron chi connectivity index (χ0n) is 18.6. The number of carboxylic acid groups (broad SMARTS) is 2. The van der Waals surface area contributed by atoms with E-state index < -0.39 is 29.3 Å². The molecule has 1 amide bonds. The second-order valence-corrected chi connectivity index (χ2v) is 9.56. The van der Waals surface area contributed by atoms with Crippen LogP contribution >= 0.6 is 23.2 Å². The van der Waals surface area contributed by atoms with Gasteiger partial charge in [0.15, 0.2) is 0 Å². The molecule has 0 bridgehead atoms. The Hall–Kier alpha value is -2.77. The van der Waals surface area contributed by atoms with E-state index in [1.165, 1.54) is 0 Å². The lowest BCUT2D eigenvalue weighted by Gasteiger charge is -2.27. The molecule has 3 N–H and O–H groups in total. The van der Waals surface area contributed by atoms with Gasteiger partial charge in [0.25, 0.3) is 0 Å². The second kappa shape index (κ2) is 11.6. The molecule has 0 unspecified atom stereocenters. The van der Waals surface area contributed by atoms with Crippen molar-refractivity contribution < 1.29 is 29.3 Å². The minimum Gasteiger partial charge on any atom is -0.489 e. The first-order chi connectivity index (χ1) is 16.2. The zero-order valence-corrected chi connectivity index (χ0v) is 20.1. The average Bonchev–Trinajstić information content (AvgIpc) is 3.20. The number of hydrogen-bond acceptors (Lipinski definition) is 4. The van der Waals surface area contributed by atoms with Gasteiger partial charge in [0, 0.05) is 28.5 Å². The standard InChI is InChI=1S/C25H27Cl2NO6/c26-19-4-3-5-20(27)18(19)15-34-17-8-6-16(7-9-17)12-21(24(32)33)28-22(29)13-25(14-23(30)31)10-1-2-11-25/h3-9,21H,1-2,10-15H2,(H,28,29)(H,30,31)(H,32,33)/t21-/m0/s1. The number of carbonyl (C=O) groups is 3. The quantitative estimate of drug-likeness (QED) is 0.389. The van der Waals surface area contributed by atoms with Gasteiger partial charge in [0.1, 0.15) is 18.4 Å². The van der Waals surface area contributed by atoms with Gasteiger partial charge in [-0.25, -0.2) is 4.79 Å². The minimum atomic E-state index is -1.15. The van der Waals surface area contributed by atoms with Crippen molar-refractivity contribution in [1.82, 2.24) is 5.32 Å². The van der Waals surface area contributed by atoms with E-state index >= 15 is 0 Å². The molecular formula is C25H27Cl2NO6. The van der Waals surface area contributed by atoms with Crippen LogP contribution < -0.4 is 10.1 Å². The Morgan fingerprint density at radius 3 is 2.15 bits per heavy atom. The Balaban J connectivity index is 1.58. The van der Waals surface area contributed by atoms with Gasteiger partial charge in [0.05, 0.1) is 6.42 Å². The first-order valence-electron chi connectivity index (χ1n) is 11.1. The minimum absolute atomic E-state index is 0.0143. The molecule has 1 saturated carbocycles. The Morgan fingerprint density at radius 1 is 0.971 bits per heavy atom. The van der Waals surface area contributed by atoms with Gasteiger partial charge in [-0.15, -0.1) is 0 Å². The Bertz CT molecular complexity index is 1010. The van der Waals surface area contributed by atoms with Crippen LogP contribution in [0.15, 0.2) is 42.5 Å². The van der Waals surface area contributed by atoms with Crippen LogP contribution in [0, 0.1) is 5.41 Å². The predicted octanol–water partition coefficient (Wildman–Crippen LogP) is 5.11. The monoisotopic (exact) mass is 507 g/mol. The fraction of sp³-hybridized carbons (Fsp3) is 0.400. The van der Waals surface area contributed by atoms with Crippen molar-refractivity contribution in [2.45, 2.75) is 57.6 Å². The summed E-state index contributed by atoms with van der Waals surface area (Å²) in [6.45, 7) is 0.184. The van der Waals surface area contributed by atoms with Gasteiger partial charge in [-0.3, -0.25) is 9.59 Å². The summed E-state index contributed by atoms with van der Waals surface area (Å²) in [6, 6.07) is 11.0.